The minimum atomic E-state index is -0.428. The van der Waals surface area contributed by atoms with Gasteiger partial charge in [0.05, 0.1) is 11.9 Å². The first-order valence-corrected chi connectivity index (χ1v) is 6.28. The molecule has 0 fully saturated rings. The molecule has 19 heavy (non-hydrogen) atoms. The van der Waals surface area contributed by atoms with Crippen LogP contribution >= 0.6 is 23.2 Å². The van der Waals surface area contributed by atoms with E-state index in [0.29, 0.717) is 29.6 Å². The van der Waals surface area contributed by atoms with Crippen LogP contribution in [0.1, 0.15) is 0 Å². The summed E-state index contributed by atoms with van der Waals surface area (Å²) >= 11 is 11.6. The van der Waals surface area contributed by atoms with E-state index >= 15 is 0 Å². The fraction of sp³-hybridized carbons (Fsp3) is 0.167. The van der Waals surface area contributed by atoms with Crippen LogP contribution in [-0.4, -0.2) is 23.3 Å². The van der Waals surface area contributed by atoms with Gasteiger partial charge in [-0.25, -0.2) is 5.10 Å². The van der Waals surface area contributed by atoms with Gasteiger partial charge in [-0.15, -0.1) is 0 Å². The van der Waals surface area contributed by atoms with Crippen molar-refractivity contribution in [3.63, 3.8) is 0 Å². The van der Waals surface area contributed by atoms with E-state index in [1.165, 1.54) is 6.20 Å². The van der Waals surface area contributed by atoms with E-state index in [4.69, 9.17) is 27.9 Å². The summed E-state index contributed by atoms with van der Waals surface area (Å²) in [4.78, 5) is 11.2. The van der Waals surface area contributed by atoms with Gasteiger partial charge < -0.3 is 10.1 Å². The van der Waals surface area contributed by atoms with Gasteiger partial charge in [-0.3, -0.25) is 4.79 Å². The number of rotatable bonds is 5. The van der Waals surface area contributed by atoms with Crippen molar-refractivity contribution in [3.05, 3.63) is 50.9 Å². The molecule has 0 aliphatic heterocycles. The Morgan fingerprint density at radius 3 is 3.00 bits per heavy atom. The average Bonchev–Trinajstić information content (AvgIpc) is 2.39. The van der Waals surface area contributed by atoms with Gasteiger partial charge in [0, 0.05) is 11.6 Å². The summed E-state index contributed by atoms with van der Waals surface area (Å²) in [5.74, 6) is 0.685. The number of nitrogens with zero attached hydrogens (tertiary/aromatic N) is 1. The molecular weight excluding hydrogens is 289 g/mol. The van der Waals surface area contributed by atoms with Crippen LogP contribution in [0.2, 0.25) is 10.0 Å². The number of aromatic amines is 1. The largest absolute Gasteiger partial charge is 0.492 e. The Labute approximate surface area is 119 Å². The topological polar surface area (TPSA) is 67.0 Å². The van der Waals surface area contributed by atoms with Gasteiger partial charge in [0.1, 0.15) is 17.4 Å². The Bertz CT molecular complexity index is 616. The summed E-state index contributed by atoms with van der Waals surface area (Å²) < 4.78 is 5.48. The van der Waals surface area contributed by atoms with Crippen LogP contribution in [0.5, 0.6) is 5.75 Å². The summed E-state index contributed by atoms with van der Waals surface area (Å²) in [6.45, 7) is 0.890. The number of benzene rings is 1. The molecule has 0 aliphatic rings. The van der Waals surface area contributed by atoms with Crippen molar-refractivity contribution in [2.45, 2.75) is 0 Å². The number of hydrogen-bond acceptors (Lipinski definition) is 4. The molecule has 0 unspecified atom stereocenters. The fourth-order valence-corrected chi connectivity index (χ4v) is 1.76. The van der Waals surface area contributed by atoms with Crippen molar-refractivity contribution >= 4 is 28.9 Å². The first kappa shape index (κ1) is 13.7. The molecule has 7 heteroatoms. The van der Waals surface area contributed by atoms with E-state index in [9.17, 15) is 4.79 Å². The summed E-state index contributed by atoms with van der Waals surface area (Å²) in [7, 11) is 0. The van der Waals surface area contributed by atoms with Crippen LogP contribution in [0, 0.1) is 0 Å². The van der Waals surface area contributed by atoms with Crippen LogP contribution in [0.25, 0.3) is 0 Å². The van der Waals surface area contributed by atoms with Crippen molar-refractivity contribution in [2.75, 3.05) is 18.5 Å². The van der Waals surface area contributed by atoms with Gasteiger partial charge in [-0.05, 0) is 18.2 Å². The molecule has 0 saturated carbocycles. The first-order chi connectivity index (χ1) is 9.16. The van der Waals surface area contributed by atoms with Crippen LogP contribution in [-0.2, 0) is 0 Å². The summed E-state index contributed by atoms with van der Waals surface area (Å²) in [6.07, 6.45) is 1.45. The average molecular weight is 300 g/mol. The van der Waals surface area contributed by atoms with E-state index in [-0.39, 0.29) is 5.02 Å². The smallest absolute Gasteiger partial charge is 0.285 e. The molecule has 0 bridgehead atoms. The second-order valence-corrected chi connectivity index (χ2v) is 4.47. The standard InChI is InChI=1S/C12H11Cl2N3O2/c13-8-2-1-3-9(6-8)19-5-4-15-10-7-16-17-12(18)11(10)14/h1-3,6-7H,4-5H2,(H2,15,17,18). The molecule has 0 radical (unpaired) electrons. The molecule has 0 atom stereocenters. The Morgan fingerprint density at radius 2 is 2.21 bits per heavy atom. The second kappa shape index (κ2) is 6.45. The van der Waals surface area contributed by atoms with Crippen LogP contribution < -0.4 is 15.6 Å². The second-order valence-electron chi connectivity index (χ2n) is 3.66. The number of halogens is 2. The van der Waals surface area contributed by atoms with Gasteiger partial charge in [-0.2, -0.15) is 5.10 Å². The predicted octanol–water partition coefficient (Wildman–Crippen LogP) is 2.57. The van der Waals surface area contributed by atoms with Crippen molar-refractivity contribution < 1.29 is 4.74 Å². The maximum Gasteiger partial charge on any atom is 0.285 e. The number of H-pyrrole nitrogens is 1. The minimum Gasteiger partial charge on any atom is -0.492 e. The molecule has 100 valence electrons. The lowest BCUT2D eigenvalue weighted by molar-refractivity contribution is 0.333. The third kappa shape index (κ3) is 3.87. The number of anilines is 1. The van der Waals surface area contributed by atoms with Crippen LogP contribution in [0.3, 0.4) is 0 Å². The molecule has 2 aromatic rings. The number of nitrogens with one attached hydrogen (secondary N) is 2. The zero-order valence-corrected chi connectivity index (χ0v) is 11.3. The SMILES string of the molecule is O=c1[nH]ncc(NCCOc2cccc(Cl)c2)c1Cl. The Balaban J connectivity index is 1.84. The molecule has 1 aromatic carbocycles. The lowest BCUT2D eigenvalue weighted by Gasteiger charge is -2.09. The van der Waals surface area contributed by atoms with E-state index in [1.807, 2.05) is 12.1 Å². The third-order valence-corrected chi connectivity index (χ3v) is 2.89. The quantitative estimate of drug-likeness (QED) is 0.833. The molecule has 0 amide bonds. The number of aromatic nitrogens is 2. The van der Waals surface area contributed by atoms with E-state index in [1.54, 1.807) is 12.1 Å². The maximum absolute atomic E-state index is 11.2. The first-order valence-electron chi connectivity index (χ1n) is 5.52. The highest BCUT2D eigenvalue weighted by Gasteiger charge is 2.03. The number of ether oxygens (including phenoxy) is 1. The Hall–Kier alpha value is -1.72. The van der Waals surface area contributed by atoms with Crippen molar-refractivity contribution in [3.8, 4) is 5.75 Å². The van der Waals surface area contributed by atoms with Gasteiger partial charge in [0.2, 0.25) is 0 Å². The Kier molecular flexibility index (Phi) is 4.65. The molecule has 1 heterocycles. The maximum atomic E-state index is 11.2. The zero-order chi connectivity index (χ0) is 13.7. The normalized spacial score (nSPS) is 10.2. The molecule has 0 spiro atoms. The highest BCUT2D eigenvalue weighted by molar-refractivity contribution is 6.32. The van der Waals surface area contributed by atoms with Crippen molar-refractivity contribution in [1.82, 2.24) is 10.2 Å². The van der Waals surface area contributed by atoms with Gasteiger partial charge in [0.25, 0.3) is 5.56 Å². The van der Waals surface area contributed by atoms with Crippen molar-refractivity contribution in [1.29, 1.82) is 0 Å². The lowest BCUT2D eigenvalue weighted by atomic mass is 10.3. The molecule has 2 rings (SSSR count). The molecule has 0 saturated heterocycles. The summed E-state index contributed by atoms with van der Waals surface area (Å²) in [6, 6.07) is 7.12. The highest BCUT2D eigenvalue weighted by atomic mass is 35.5. The van der Waals surface area contributed by atoms with Crippen molar-refractivity contribution in [2.24, 2.45) is 0 Å². The summed E-state index contributed by atoms with van der Waals surface area (Å²) in [5.41, 5.74) is 0.0440. The molecular formula is C12H11Cl2N3O2. The molecule has 2 N–H and O–H groups in total. The number of hydrogen-bond donors (Lipinski definition) is 2. The predicted molar refractivity (Wildman–Crippen MR) is 75.3 cm³/mol. The molecule has 0 aliphatic carbocycles. The fourth-order valence-electron chi connectivity index (χ4n) is 1.42. The van der Waals surface area contributed by atoms with E-state index in [2.05, 4.69) is 15.5 Å². The van der Waals surface area contributed by atoms with Crippen LogP contribution in [0.4, 0.5) is 5.69 Å². The highest BCUT2D eigenvalue weighted by Crippen LogP contribution is 2.17. The summed E-state index contributed by atoms with van der Waals surface area (Å²) in [5, 5.41) is 9.56. The van der Waals surface area contributed by atoms with E-state index < -0.39 is 5.56 Å². The third-order valence-electron chi connectivity index (χ3n) is 2.28. The van der Waals surface area contributed by atoms with E-state index in [0.717, 1.165) is 0 Å². The minimum absolute atomic E-state index is 0.0813. The Morgan fingerprint density at radius 1 is 1.37 bits per heavy atom. The monoisotopic (exact) mass is 299 g/mol. The molecule has 5 nitrogen and oxygen atoms in total. The molecule has 1 aromatic heterocycles. The van der Waals surface area contributed by atoms with Crippen LogP contribution in [0.15, 0.2) is 35.3 Å². The van der Waals surface area contributed by atoms with Gasteiger partial charge in [-0.1, -0.05) is 29.3 Å². The van der Waals surface area contributed by atoms with Gasteiger partial charge in [0.15, 0.2) is 0 Å². The lowest BCUT2D eigenvalue weighted by Crippen LogP contribution is -2.16. The zero-order valence-electron chi connectivity index (χ0n) is 9.82. The van der Waals surface area contributed by atoms with Gasteiger partial charge >= 0.3 is 0 Å².